The van der Waals surface area contributed by atoms with Gasteiger partial charge in [0, 0.05) is 6.42 Å². The maximum absolute atomic E-state index is 11.4. The summed E-state index contributed by atoms with van der Waals surface area (Å²) in [7, 11) is 0. The first kappa shape index (κ1) is 19.5. The molecule has 2 rings (SSSR count). The molecule has 0 saturated heterocycles. The average Bonchev–Trinajstić information content (AvgIpc) is 2.66. The van der Waals surface area contributed by atoms with E-state index in [1.807, 2.05) is 48.5 Å². The monoisotopic (exact) mass is 355 g/mol. The number of allylic oxidation sites excluding steroid dienone is 1. The molecule has 0 spiro atoms. The number of hydrogen-bond donors (Lipinski definition) is 2. The van der Waals surface area contributed by atoms with E-state index in [9.17, 15) is 9.90 Å². The molecule has 0 aliphatic carbocycles. The minimum Gasteiger partial charge on any atom is -0.508 e. The highest BCUT2D eigenvalue weighted by Gasteiger charge is 2.04. The Morgan fingerprint density at radius 2 is 1.85 bits per heavy atom. The minimum absolute atomic E-state index is 0.168. The van der Waals surface area contributed by atoms with Gasteiger partial charge in [0.1, 0.15) is 5.75 Å². The van der Waals surface area contributed by atoms with Gasteiger partial charge < -0.3 is 9.84 Å². The molecule has 26 heavy (non-hydrogen) atoms. The Morgan fingerprint density at radius 3 is 2.54 bits per heavy atom. The number of phenolic OH excluding ortho intramolecular Hbond substituents is 1. The van der Waals surface area contributed by atoms with Gasteiger partial charge in [-0.25, -0.2) is 0 Å². The van der Waals surface area contributed by atoms with Crippen LogP contribution in [0.5, 0.6) is 5.75 Å². The first-order valence-electron chi connectivity index (χ1n) is 8.76. The zero-order valence-corrected chi connectivity index (χ0v) is 15.0. The van der Waals surface area contributed by atoms with Crippen LogP contribution in [0.15, 0.2) is 60.7 Å². The highest BCUT2D eigenvalue weighted by Crippen LogP contribution is 2.15. The number of hydroxylamine groups is 1. The predicted molar refractivity (Wildman–Crippen MR) is 101 cm³/mol. The fourth-order valence-corrected chi connectivity index (χ4v) is 2.35. The molecule has 0 amide bonds. The van der Waals surface area contributed by atoms with Crippen LogP contribution >= 0.6 is 0 Å². The first-order chi connectivity index (χ1) is 12.7. The predicted octanol–water partition coefficient (Wildman–Crippen LogP) is 4.19. The lowest BCUT2D eigenvalue weighted by Gasteiger charge is -2.12. The van der Waals surface area contributed by atoms with Gasteiger partial charge in [-0.2, -0.15) is 0 Å². The van der Waals surface area contributed by atoms with Crippen molar-refractivity contribution in [3.05, 3.63) is 71.8 Å². The average molecular weight is 355 g/mol. The Kier molecular flexibility index (Phi) is 8.23. The fraction of sp³-hybridized carbons (Fsp3) is 0.286. The molecule has 0 saturated carbocycles. The maximum atomic E-state index is 11.4. The van der Waals surface area contributed by atoms with Crippen LogP contribution in [-0.4, -0.2) is 17.7 Å². The molecule has 5 nitrogen and oxygen atoms in total. The van der Waals surface area contributed by atoms with E-state index >= 15 is 0 Å². The van der Waals surface area contributed by atoms with E-state index in [0.717, 1.165) is 29.7 Å². The van der Waals surface area contributed by atoms with Gasteiger partial charge in [0.15, 0.2) is 0 Å². The second-order valence-corrected chi connectivity index (χ2v) is 5.74. The number of ether oxygens (including phenoxy) is 1. The molecule has 138 valence electrons. The third-order valence-corrected chi connectivity index (χ3v) is 3.68. The van der Waals surface area contributed by atoms with Gasteiger partial charge in [0.05, 0.1) is 18.9 Å². The van der Waals surface area contributed by atoms with Gasteiger partial charge in [0.25, 0.3) is 0 Å². The lowest BCUT2D eigenvalue weighted by atomic mass is 10.1. The molecule has 2 aromatic carbocycles. The summed E-state index contributed by atoms with van der Waals surface area (Å²) in [5.74, 6) is 0.0619. The molecular weight excluding hydrogens is 330 g/mol. The summed E-state index contributed by atoms with van der Waals surface area (Å²) in [4.78, 5) is 17.0. The molecule has 2 aromatic rings. The van der Waals surface area contributed by atoms with Crippen LogP contribution in [0.25, 0.3) is 5.70 Å². The highest BCUT2D eigenvalue weighted by atomic mass is 16.6. The Morgan fingerprint density at radius 1 is 1.12 bits per heavy atom. The first-order valence-corrected chi connectivity index (χ1v) is 8.76. The van der Waals surface area contributed by atoms with Crippen molar-refractivity contribution in [2.45, 2.75) is 32.8 Å². The number of hydrogen-bond acceptors (Lipinski definition) is 5. The summed E-state index contributed by atoms with van der Waals surface area (Å²) in [5, 5.41) is 9.31. The van der Waals surface area contributed by atoms with Crippen molar-refractivity contribution in [1.82, 2.24) is 5.48 Å². The SMILES string of the molecule is CCOC(=O)CCCC=C(NOCc1ccc(O)cc1)c1ccccc1. The van der Waals surface area contributed by atoms with Gasteiger partial charge in [-0.05, 0) is 43.0 Å². The number of carbonyl (C=O) groups excluding carboxylic acids is 1. The summed E-state index contributed by atoms with van der Waals surface area (Å²) < 4.78 is 4.94. The lowest BCUT2D eigenvalue weighted by Crippen LogP contribution is -2.13. The van der Waals surface area contributed by atoms with Gasteiger partial charge in [-0.3, -0.25) is 15.1 Å². The Labute approximate surface area is 154 Å². The van der Waals surface area contributed by atoms with Crippen LogP contribution in [0.4, 0.5) is 0 Å². The van der Waals surface area contributed by atoms with E-state index < -0.39 is 0 Å². The van der Waals surface area contributed by atoms with Crippen molar-refractivity contribution < 1.29 is 19.5 Å². The second kappa shape index (κ2) is 10.9. The summed E-state index contributed by atoms with van der Waals surface area (Å²) in [6.45, 7) is 2.59. The van der Waals surface area contributed by atoms with E-state index in [-0.39, 0.29) is 11.7 Å². The molecule has 0 atom stereocenters. The molecule has 5 heteroatoms. The van der Waals surface area contributed by atoms with E-state index in [4.69, 9.17) is 9.57 Å². The number of unbranched alkanes of at least 4 members (excludes halogenated alkanes) is 1. The van der Waals surface area contributed by atoms with Crippen molar-refractivity contribution in [2.24, 2.45) is 0 Å². The van der Waals surface area contributed by atoms with E-state index in [1.54, 1.807) is 19.1 Å². The summed E-state index contributed by atoms with van der Waals surface area (Å²) in [6, 6.07) is 16.7. The van der Waals surface area contributed by atoms with E-state index in [2.05, 4.69) is 5.48 Å². The lowest BCUT2D eigenvalue weighted by molar-refractivity contribution is -0.143. The molecule has 0 aliphatic heterocycles. The third kappa shape index (κ3) is 6.99. The molecule has 0 unspecified atom stereocenters. The van der Waals surface area contributed by atoms with Crippen LogP contribution < -0.4 is 5.48 Å². The van der Waals surface area contributed by atoms with Crippen molar-refractivity contribution in [1.29, 1.82) is 0 Å². The number of benzene rings is 2. The molecule has 0 aromatic heterocycles. The summed E-state index contributed by atoms with van der Waals surface area (Å²) in [5.41, 5.74) is 5.81. The van der Waals surface area contributed by atoms with Crippen molar-refractivity contribution in [2.75, 3.05) is 6.61 Å². The molecule has 0 radical (unpaired) electrons. The van der Waals surface area contributed by atoms with Crippen LogP contribution in [0, 0.1) is 0 Å². The fourth-order valence-electron chi connectivity index (χ4n) is 2.35. The topological polar surface area (TPSA) is 67.8 Å². The zero-order valence-electron chi connectivity index (χ0n) is 15.0. The van der Waals surface area contributed by atoms with Crippen LogP contribution in [-0.2, 0) is 21.0 Å². The van der Waals surface area contributed by atoms with Crippen LogP contribution in [0.2, 0.25) is 0 Å². The van der Waals surface area contributed by atoms with E-state index in [1.165, 1.54) is 0 Å². The second-order valence-electron chi connectivity index (χ2n) is 5.74. The molecule has 0 aliphatic rings. The number of aromatic hydroxyl groups is 1. The Hall–Kier alpha value is -2.79. The number of phenols is 1. The normalized spacial score (nSPS) is 11.2. The minimum atomic E-state index is -0.168. The number of nitrogens with one attached hydrogen (secondary N) is 1. The highest BCUT2D eigenvalue weighted by molar-refractivity contribution is 5.69. The van der Waals surface area contributed by atoms with Crippen molar-refractivity contribution in [3.63, 3.8) is 0 Å². The molecule has 0 fully saturated rings. The van der Waals surface area contributed by atoms with Crippen LogP contribution in [0.1, 0.15) is 37.3 Å². The Balaban J connectivity index is 1.90. The Bertz CT molecular complexity index is 696. The number of carbonyl (C=O) groups is 1. The van der Waals surface area contributed by atoms with Crippen LogP contribution in [0.3, 0.4) is 0 Å². The smallest absolute Gasteiger partial charge is 0.305 e. The molecule has 2 N–H and O–H groups in total. The van der Waals surface area contributed by atoms with Gasteiger partial charge >= 0.3 is 5.97 Å². The molecule has 0 heterocycles. The van der Waals surface area contributed by atoms with Crippen molar-refractivity contribution in [3.8, 4) is 5.75 Å². The third-order valence-electron chi connectivity index (χ3n) is 3.68. The zero-order chi connectivity index (χ0) is 18.6. The summed E-state index contributed by atoms with van der Waals surface area (Å²) in [6.07, 6.45) is 3.87. The number of esters is 1. The standard InChI is InChI=1S/C21H25NO4/c1-2-25-21(24)11-7-6-10-20(18-8-4-3-5-9-18)22-26-16-17-12-14-19(23)15-13-17/h3-5,8-10,12-15,22-23H,2,6-7,11,16H2,1H3. The number of rotatable bonds is 10. The van der Waals surface area contributed by atoms with E-state index in [0.29, 0.717) is 19.6 Å². The van der Waals surface area contributed by atoms with Gasteiger partial charge in [-0.15, -0.1) is 0 Å². The summed E-state index contributed by atoms with van der Waals surface area (Å²) >= 11 is 0. The van der Waals surface area contributed by atoms with Gasteiger partial charge in [-0.1, -0.05) is 48.5 Å². The molecular formula is C21H25NO4. The maximum Gasteiger partial charge on any atom is 0.305 e. The molecule has 0 bridgehead atoms. The quantitative estimate of drug-likeness (QED) is 0.380. The van der Waals surface area contributed by atoms with Gasteiger partial charge in [0.2, 0.25) is 0 Å². The largest absolute Gasteiger partial charge is 0.508 e. The van der Waals surface area contributed by atoms with Crippen molar-refractivity contribution >= 4 is 11.7 Å².